The summed E-state index contributed by atoms with van der Waals surface area (Å²) in [5.41, 5.74) is 2.41. The number of nitrogens with one attached hydrogen (secondary N) is 2. The van der Waals surface area contributed by atoms with Crippen molar-refractivity contribution in [3.63, 3.8) is 0 Å². The number of thiophene rings is 1. The number of hydrogen-bond donors (Lipinski definition) is 3. The van der Waals surface area contributed by atoms with Crippen molar-refractivity contribution in [2.24, 2.45) is 5.92 Å². The van der Waals surface area contributed by atoms with E-state index in [-0.39, 0.29) is 18.6 Å². The van der Waals surface area contributed by atoms with E-state index in [2.05, 4.69) is 26.3 Å². The lowest BCUT2D eigenvalue weighted by molar-refractivity contribution is 0.249. The van der Waals surface area contributed by atoms with Crippen LogP contribution >= 0.6 is 11.3 Å². The summed E-state index contributed by atoms with van der Waals surface area (Å²) in [6.45, 7) is 4.11. The van der Waals surface area contributed by atoms with Crippen molar-refractivity contribution in [2.45, 2.75) is 19.9 Å². The summed E-state index contributed by atoms with van der Waals surface area (Å²) in [6, 6.07) is 5.98. The highest BCUT2D eigenvalue weighted by Gasteiger charge is 2.17. The fourth-order valence-electron chi connectivity index (χ4n) is 2.41. The van der Waals surface area contributed by atoms with E-state index in [1.165, 1.54) is 17.7 Å². The molecule has 0 saturated heterocycles. The zero-order chi connectivity index (χ0) is 16.4. The smallest absolute Gasteiger partial charge is 0.143 e. The van der Waals surface area contributed by atoms with E-state index >= 15 is 0 Å². The minimum atomic E-state index is -0.0812. The molecule has 3 heterocycles. The Kier molecular flexibility index (Phi) is 4.28. The molecule has 0 bridgehead atoms. The highest BCUT2D eigenvalue weighted by atomic mass is 32.1. The molecule has 1 atom stereocenters. The lowest BCUT2D eigenvalue weighted by Crippen LogP contribution is -2.29. The molecule has 3 aromatic rings. The van der Waals surface area contributed by atoms with Crippen molar-refractivity contribution in [2.75, 3.05) is 11.9 Å². The van der Waals surface area contributed by atoms with Crippen LogP contribution in [0.15, 0.2) is 23.8 Å². The van der Waals surface area contributed by atoms with Crippen molar-refractivity contribution in [1.82, 2.24) is 15.0 Å². The minimum absolute atomic E-state index is 0.0313. The molecule has 0 aliphatic rings. The molecule has 0 radical (unpaired) electrons. The maximum atomic E-state index is 9.51. The summed E-state index contributed by atoms with van der Waals surface area (Å²) in [7, 11) is 0. The van der Waals surface area contributed by atoms with Crippen LogP contribution in [0.4, 0.5) is 5.82 Å². The second-order valence-electron chi connectivity index (χ2n) is 5.62. The molecule has 0 aliphatic carbocycles. The van der Waals surface area contributed by atoms with Crippen LogP contribution in [0.3, 0.4) is 0 Å². The van der Waals surface area contributed by atoms with Gasteiger partial charge in [-0.05, 0) is 23.4 Å². The van der Waals surface area contributed by atoms with Crippen LogP contribution in [-0.4, -0.2) is 32.7 Å². The Labute approximate surface area is 137 Å². The number of nitriles is 1. The van der Waals surface area contributed by atoms with Crippen molar-refractivity contribution in [1.29, 1.82) is 5.26 Å². The second-order valence-corrected chi connectivity index (χ2v) is 6.54. The average molecular weight is 327 g/mol. The van der Waals surface area contributed by atoms with Crippen LogP contribution in [0.2, 0.25) is 0 Å². The van der Waals surface area contributed by atoms with Gasteiger partial charge in [0.2, 0.25) is 0 Å². The van der Waals surface area contributed by atoms with Gasteiger partial charge in [-0.1, -0.05) is 13.8 Å². The largest absolute Gasteiger partial charge is 0.394 e. The van der Waals surface area contributed by atoms with Crippen molar-refractivity contribution >= 4 is 28.2 Å². The number of aromatic amines is 1. The lowest BCUT2D eigenvalue weighted by atomic mass is 10.1. The van der Waals surface area contributed by atoms with E-state index in [9.17, 15) is 10.4 Å². The van der Waals surface area contributed by atoms with Gasteiger partial charge in [-0.15, -0.1) is 11.3 Å². The second kappa shape index (κ2) is 6.36. The topological polar surface area (TPSA) is 97.6 Å². The van der Waals surface area contributed by atoms with Gasteiger partial charge >= 0.3 is 0 Å². The van der Waals surface area contributed by atoms with Gasteiger partial charge in [0.05, 0.1) is 18.0 Å². The van der Waals surface area contributed by atoms with Gasteiger partial charge in [0.1, 0.15) is 28.7 Å². The Balaban J connectivity index is 2.04. The van der Waals surface area contributed by atoms with E-state index < -0.39 is 0 Å². The van der Waals surface area contributed by atoms with Crippen LogP contribution in [0.1, 0.15) is 18.7 Å². The van der Waals surface area contributed by atoms with Crippen LogP contribution in [-0.2, 0) is 0 Å². The summed E-state index contributed by atoms with van der Waals surface area (Å²) >= 11 is 1.41. The molecule has 0 aliphatic heterocycles. The first kappa shape index (κ1) is 15.5. The van der Waals surface area contributed by atoms with Gasteiger partial charge in [0.25, 0.3) is 0 Å². The number of fused-ring (bicyclic) bond motifs is 1. The van der Waals surface area contributed by atoms with Gasteiger partial charge in [0.15, 0.2) is 0 Å². The molecule has 0 saturated carbocycles. The number of hydrogen-bond acceptors (Lipinski definition) is 6. The van der Waals surface area contributed by atoms with E-state index in [1.54, 1.807) is 0 Å². The summed E-state index contributed by atoms with van der Waals surface area (Å²) in [4.78, 5) is 12.5. The zero-order valence-corrected chi connectivity index (χ0v) is 13.7. The van der Waals surface area contributed by atoms with E-state index in [0.717, 1.165) is 16.6 Å². The fraction of sp³-hybridized carbons (Fsp3) is 0.312. The molecule has 0 fully saturated rings. The Morgan fingerprint density at radius 3 is 2.96 bits per heavy atom. The highest BCUT2D eigenvalue weighted by Crippen LogP contribution is 2.31. The van der Waals surface area contributed by atoms with E-state index in [4.69, 9.17) is 0 Å². The normalized spacial score (nSPS) is 12.5. The SMILES string of the molecule is CC(C)[C@H](CO)Nc1ncnc2[nH]c(-c3ccsc3C#N)cc12. The monoisotopic (exact) mass is 327 g/mol. The van der Waals surface area contributed by atoms with Gasteiger partial charge in [-0.2, -0.15) is 5.26 Å². The quantitative estimate of drug-likeness (QED) is 0.669. The first-order valence-electron chi connectivity index (χ1n) is 7.33. The van der Waals surface area contributed by atoms with Crippen molar-refractivity contribution in [3.8, 4) is 17.3 Å². The fourth-order valence-corrected chi connectivity index (χ4v) is 3.10. The van der Waals surface area contributed by atoms with Crippen molar-refractivity contribution in [3.05, 3.63) is 28.7 Å². The number of rotatable bonds is 5. The molecule has 7 heteroatoms. The summed E-state index contributed by atoms with van der Waals surface area (Å²) < 4.78 is 0. The summed E-state index contributed by atoms with van der Waals surface area (Å²) in [6.07, 6.45) is 1.48. The molecule has 0 aromatic carbocycles. The number of nitrogens with zero attached hydrogens (tertiary/aromatic N) is 3. The summed E-state index contributed by atoms with van der Waals surface area (Å²) in [5.74, 6) is 0.949. The predicted octanol–water partition coefficient (Wildman–Crippen LogP) is 2.99. The molecule has 3 aromatic heterocycles. The van der Waals surface area contributed by atoms with Crippen LogP contribution in [0.25, 0.3) is 22.3 Å². The first-order valence-corrected chi connectivity index (χ1v) is 8.21. The zero-order valence-electron chi connectivity index (χ0n) is 12.9. The Morgan fingerprint density at radius 1 is 1.43 bits per heavy atom. The number of aliphatic hydroxyl groups is 1. The maximum absolute atomic E-state index is 9.51. The molecular weight excluding hydrogens is 310 g/mol. The molecule has 6 nitrogen and oxygen atoms in total. The van der Waals surface area contributed by atoms with Crippen LogP contribution in [0, 0.1) is 17.2 Å². The van der Waals surface area contributed by atoms with Gasteiger partial charge < -0.3 is 15.4 Å². The van der Waals surface area contributed by atoms with E-state index in [0.29, 0.717) is 16.3 Å². The molecule has 0 spiro atoms. The predicted molar refractivity (Wildman–Crippen MR) is 91.3 cm³/mol. The highest BCUT2D eigenvalue weighted by molar-refractivity contribution is 7.11. The molecule has 3 N–H and O–H groups in total. The molecule has 0 unspecified atom stereocenters. The Hall–Kier alpha value is -2.43. The lowest BCUT2D eigenvalue weighted by Gasteiger charge is -2.20. The average Bonchev–Trinajstić information content (AvgIpc) is 3.17. The summed E-state index contributed by atoms with van der Waals surface area (Å²) in [5, 5.41) is 24.7. The molecule has 118 valence electrons. The van der Waals surface area contributed by atoms with Gasteiger partial charge in [0, 0.05) is 11.3 Å². The molecule has 3 rings (SSSR count). The molecule has 23 heavy (non-hydrogen) atoms. The van der Waals surface area contributed by atoms with Crippen LogP contribution < -0.4 is 5.32 Å². The van der Waals surface area contributed by atoms with Crippen molar-refractivity contribution < 1.29 is 5.11 Å². The standard InChI is InChI=1S/C16H17N5OS/c1-9(2)13(7-22)21-16-11-5-12(20-15(11)18-8-19-16)10-3-4-23-14(10)6-17/h3-5,8-9,13,22H,7H2,1-2H3,(H2,18,19,20,21)/t13-/m0/s1. The Bertz CT molecular complexity index is 861. The third-order valence-electron chi connectivity index (χ3n) is 3.81. The third kappa shape index (κ3) is 2.91. The third-order valence-corrected chi connectivity index (χ3v) is 4.63. The number of aromatic nitrogens is 3. The maximum Gasteiger partial charge on any atom is 0.143 e. The Morgan fingerprint density at radius 2 is 2.26 bits per heavy atom. The number of H-pyrrole nitrogens is 1. The minimum Gasteiger partial charge on any atom is -0.394 e. The number of anilines is 1. The molecular formula is C16H17N5OS. The van der Waals surface area contributed by atoms with Gasteiger partial charge in [-0.25, -0.2) is 9.97 Å². The van der Waals surface area contributed by atoms with Crippen LogP contribution in [0.5, 0.6) is 0 Å². The molecule has 0 amide bonds. The van der Waals surface area contributed by atoms with E-state index in [1.807, 2.05) is 31.4 Å². The first-order chi connectivity index (χ1) is 11.1. The van der Waals surface area contributed by atoms with Gasteiger partial charge in [-0.3, -0.25) is 0 Å². The number of aliphatic hydroxyl groups excluding tert-OH is 1.